The van der Waals surface area contributed by atoms with Crippen LogP contribution in [-0.4, -0.2) is 18.1 Å². The summed E-state index contributed by atoms with van der Waals surface area (Å²) >= 11 is 0. The lowest BCUT2D eigenvalue weighted by atomic mass is 9.75. The Labute approximate surface area is 103 Å². The maximum atomic E-state index is 13.1. The van der Waals surface area contributed by atoms with Crippen molar-refractivity contribution < 1.29 is 4.39 Å². The lowest BCUT2D eigenvalue weighted by Gasteiger charge is -2.39. The topological polar surface area (TPSA) is 16.1 Å². The zero-order chi connectivity index (χ0) is 12.5. The Balaban J connectivity index is 2.00. The normalized spacial score (nSPS) is 18.5. The molecule has 0 unspecified atom stereocenters. The van der Waals surface area contributed by atoms with Gasteiger partial charge in [0.2, 0.25) is 5.95 Å². The van der Waals surface area contributed by atoms with Crippen molar-refractivity contribution in [3.63, 3.8) is 0 Å². The first-order chi connectivity index (χ1) is 7.97. The van der Waals surface area contributed by atoms with Crippen LogP contribution in [-0.2, 0) is 0 Å². The van der Waals surface area contributed by atoms with Crippen LogP contribution in [0.4, 0.5) is 10.2 Å². The predicted molar refractivity (Wildman–Crippen MR) is 68.6 cm³/mol. The van der Waals surface area contributed by atoms with Gasteiger partial charge in [-0.05, 0) is 36.3 Å². The highest BCUT2D eigenvalue weighted by molar-refractivity contribution is 5.38. The van der Waals surface area contributed by atoms with Crippen LogP contribution in [0.2, 0.25) is 0 Å². The largest absolute Gasteiger partial charge is 0.357 e. The highest BCUT2D eigenvalue weighted by atomic mass is 19.1. The van der Waals surface area contributed by atoms with Gasteiger partial charge >= 0.3 is 0 Å². The van der Waals surface area contributed by atoms with Gasteiger partial charge in [-0.2, -0.15) is 4.39 Å². The van der Waals surface area contributed by atoms with Crippen molar-refractivity contribution >= 4 is 5.82 Å². The van der Waals surface area contributed by atoms with Gasteiger partial charge in [0.25, 0.3) is 0 Å². The Morgan fingerprint density at radius 1 is 1.24 bits per heavy atom. The lowest BCUT2D eigenvalue weighted by molar-refractivity contribution is 0.198. The van der Waals surface area contributed by atoms with E-state index in [1.807, 2.05) is 6.07 Å². The summed E-state index contributed by atoms with van der Waals surface area (Å²) in [5, 5.41) is 0. The molecule has 1 fully saturated rings. The van der Waals surface area contributed by atoms with Gasteiger partial charge in [0, 0.05) is 13.1 Å². The first-order valence-corrected chi connectivity index (χ1v) is 6.34. The fourth-order valence-electron chi connectivity index (χ4n) is 2.55. The van der Waals surface area contributed by atoms with Crippen LogP contribution < -0.4 is 4.90 Å². The summed E-state index contributed by atoms with van der Waals surface area (Å²) < 4.78 is 13.1. The molecule has 17 heavy (non-hydrogen) atoms. The summed E-state index contributed by atoms with van der Waals surface area (Å²) in [6.45, 7) is 8.87. The molecule has 2 nitrogen and oxygen atoms in total. The van der Waals surface area contributed by atoms with Crippen molar-refractivity contribution in [1.29, 1.82) is 0 Å². The van der Waals surface area contributed by atoms with E-state index < -0.39 is 0 Å². The van der Waals surface area contributed by atoms with E-state index in [9.17, 15) is 4.39 Å². The van der Waals surface area contributed by atoms with E-state index in [4.69, 9.17) is 0 Å². The quantitative estimate of drug-likeness (QED) is 0.694. The number of hydrogen-bond acceptors (Lipinski definition) is 2. The van der Waals surface area contributed by atoms with E-state index in [0.29, 0.717) is 5.41 Å². The molecule has 0 spiro atoms. The molecule has 94 valence electrons. The smallest absolute Gasteiger partial charge is 0.214 e. The molecule has 2 rings (SSSR count). The van der Waals surface area contributed by atoms with Crippen LogP contribution in [0.15, 0.2) is 18.2 Å². The minimum atomic E-state index is -0.388. The standard InChI is InChI=1S/C14H21FN2/c1-14(2,3)11-7-9-17(10-8-11)13-6-4-5-12(15)16-13/h4-6,11H,7-10H2,1-3H3. The summed E-state index contributed by atoms with van der Waals surface area (Å²) in [4.78, 5) is 6.13. The van der Waals surface area contributed by atoms with Gasteiger partial charge in [-0.25, -0.2) is 4.98 Å². The zero-order valence-electron chi connectivity index (χ0n) is 10.9. The minimum Gasteiger partial charge on any atom is -0.357 e. The molecule has 0 radical (unpaired) electrons. The number of aromatic nitrogens is 1. The van der Waals surface area contributed by atoms with Gasteiger partial charge < -0.3 is 4.90 Å². The van der Waals surface area contributed by atoms with Crippen LogP contribution in [0.3, 0.4) is 0 Å². The van der Waals surface area contributed by atoms with E-state index in [2.05, 4.69) is 30.7 Å². The Bertz CT molecular complexity index is 376. The number of pyridine rings is 1. The minimum absolute atomic E-state index is 0.376. The van der Waals surface area contributed by atoms with E-state index in [1.54, 1.807) is 6.07 Å². The molecule has 2 heterocycles. The summed E-state index contributed by atoms with van der Waals surface area (Å²) in [7, 11) is 0. The number of halogens is 1. The SMILES string of the molecule is CC(C)(C)C1CCN(c2cccc(F)n2)CC1. The molecule has 0 bridgehead atoms. The predicted octanol–water partition coefficient (Wildman–Crippen LogP) is 3.48. The van der Waals surface area contributed by atoms with Crippen LogP contribution in [0.25, 0.3) is 0 Å². The lowest BCUT2D eigenvalue weighted by Crippen LogP contribution is -2.38. The first kappa shape index (κ1) is 12.3. The van der Waals surface area contributed by atoms with Gasteiger partial charge in [0.05, 0.1) is 0 Å². The van der Waals surface area contributed by atoms with E-state index in [1.165, 1.54) is 18.9 Å². The number of piperidine rings is 1. The third kappa shape index (κ3) is 2.96. The van der Waals surface area contributed by atoms with Gasteiger partial charge in [-0.15, -0.1) is 0 Å². The second-order valence-electron chi connectivity index (χ2n) is 5.95. The van der Waals surface area contributed by atoms with Gasteiger partial charge in [0.15, 0.2) is 0 Å². The summed E-state index contributed by atoms with van der Waals surface area (Å²) in [6.07, 6.45) is 2.34. The molecule has 3 heteroatoms. The molecule has 1 aromatic rings. The van der Waals surface area contributed by atoms with Crippen molar-refractivity contribution in [3.8, 4) is 0 Å². The van der Waals surface area contributed by atoms with E-state index in [0.717, 1.165) is 24.8 Å². The number of rotatable bonds is 1. The van der Waals surface area contributed by atoms with Crippen LogP contribution in [0.5, 0.6) is 0 Å². The molecular formula is C14H21FN2. The van der Waals surface area contributed by atoms with Gasteiger partial charge in [-0.1, -0.05) is 26.8 Å². The van der Waals surface area contributed by atoms with Crippen molar-refractivity contribution in [3.05, 3.63) is 24.1 Å². The van der Waals surface area contributed by atoms with Crippen LogP contribution >= 0.6 is 0 Å². The zero-order valence-corrected chi connectivity index (χ0v) is 10.9. The fraction of sp³-hybridized carbons (Fsp3) is 0.643. The highest BCUT2D eigenvalue weighted by Gasteiger charge is 2.29. The molecule has 0 aliphatic carbocycles. The molecule has 1 aromatic heterocycles. The monoisotopic (exact) mass is 236 g/mol. The molecule has 1 saturated heterocycles. The first-order valence-electron chi connectivity index (χ1n) is 6.34. The summed E-state index contributed by atoms with van der Waals surface area (Å²) in [5.74, 6) is 1.14. The Morgan fingerprint density at radius 3 is 2.41 bits per heavy atom. The number of hydrogen-bond donors (Lipinski definition) is 0. The maximum Gasteiger partial charge on any atom is 0.214 e. The second-order valence-corrected chi connectivity index (χ2v) is 5.95. The maximum absolute atomic E-state index is 13.1. The third-order valence-electron chi connectivity index (χ3n) is 3.74. The van der Waals surface area contributed by atoms with Gasteiger partial charge in [0.1, 0.15) is 5.82 Å². The van der Waals surface area contributed by atoms with Crippen molar-refractivity contribution in [2.75, 3.05) is 18.0 Å². The van der Waals surface area contributed by atoms with Crippen molar-refractivity contribution in [2.45, 2.75) is 33.6 Å². The summed E-state index contributed by atoms with van der Waals surface area (Å²) in [6, 6.07) is 5.01. The van der Waals surface area contributed by atoms with Crippen molar-refractivity contribution in [2.24, 2.45) is 11.3 Å². The third-order valence-corrected chi connectivity index (χ3v) is 3.74. The van der Waals surface area contributed by atoms with Crippen LogP contribution in [0.1, 0.15) is 33.6 Å². The second kappa shape index (κ2) is 4.63. The molecular weight excluding hydrogens is 215 g/mol. The molecule has 0 atom stereocenters. The molecule has 0 N–H and O–H groups in total. The van der Waals surface area contributed by atoms with Gasteiger partial charge in [-0.3, -0.25) is 0 Å². The average Bonchev–Trinajstić information content (AvgIpc) is 2.28. The van der Waals surface area contributed by atoms with Crippen molar-refractivity contribution in [1.82, 2.24) is 4.98 Å². The number of nitrogens with zero attached hydrogens (tertiary/aromatic N) is 2. The van der Waals surface area contributed by atoms with Crippen LogP contribution in [0, 0.1) is 17.3 Å². The van der Waals surface area contributed by atoms with E-state index >= 15 is 0 Å². The molecule has 1 aliphatic heterocycles. The Kier molecular flexibility index (Phi) is 3.36. The number of anilines is 1. The van der Waals surface area contributed by atoms with E-state index in [-0.39, 0.29) is 5.95 Å². The highest BCUT2D eigenvalue weighted by Crippen LogP contribution is 2.35. The summed E-state index contributed by atoms with van der Waals surface area (Å²) in [5.41, 5.74) is 0.376. The Hall–Kier alpha value is -1.12. The molecule has 1 aliphatic rings. The molecule has 0 amide bonds. The molecule has 0 saturated carbocycles. The molecule has 0 aromatic carbocycles. The average molecular weight is 236 g/mol. The fourth-order valence-corrected chi connectivity index (χ4v) is 2.55. The Morgan fingerprint density at radius 2 is 1.88 bits per heavy atom.